The molecule has 1 rings (SSSR count). The molecule has 20 heavy (non-hydrogen) atoms. The van der Waals surface area contributed by atoms with Crippen LogP contribution in [0.15, 0.2) is 18.2 Å². The summed E-state index contributed by atoms with van der Waals surface area (Å²) >= 11 is 8.29. The van der Waals surface area contributed by atoms with Gasteiger partial charge in [0.1, 0.15) is 0 Å². The second kappa shape index (κ2) is 8.81. The maximum absolute atomic E-state index is 6.43. The summed E-state index contributed by atoms with van der Waals surface area (Å²) in [5.74, 6) is 1.77. The lowest BCUT2D eigenvalue weighted by Gasteiger charge is -2.27. The van der Waals surface area contributed by atoms with Gasteiger partial charge in [-0.25, -0.2) is 0 Å². The number of hydrogen-bond donors (Lipinski definition) is 1. The molecule has 0 saturated carbocycles. The lowest BCUT2D eigenvalue weighted by Crippen LogP contribution is -2.31. The largest absolute Gasteiger partial charge is 0.370 e. The van der Waals surface area contributed by atoms with E-state index in [1.165, 1.54) is 5.56 Å². The molecule has 0 spiro atoms. The Hall–Kier alpha value is -0.380. The number of anilines is 1. The topological polar surface area (TPSA) is 15.3 Å². The molecule has 0 aromatic heterocycles. The summed E-state index contributed by atoms with van der Waals surface area (Å²) in [6.07, 6.45) is 2.13. The van der Waals surface area contributed by atoms with Crippen LogP contribution in [-0.2, 0) is 6.54 Å². The minimum absolute atomic E-state index is 0.479. The van der Waals surface area contributed by atoms with Gasteiger partial charge in [-0.15, -0.1) is 0 Å². The van der Waals surface area contributed by atoms with Gasteiger partial charge in [-0.3, -0.25) is 0 Å². The molecule has 2 nitrogen and oxygen atoms in total. The minimum atomic E-state index is 0.479. The highest BCUT2D eigenvalue weighted by molar-refractivity contribution is 7.98. The van der Waals surface area contributed by atoms with Gasteiger partial charge in [-0.2, -0.15) is 11.8 Å². The molecule has 0 amide bonds. The molecule has 0 radical (unpaired) electrons. The molecule has 4 heteroatoms. The van der Waals surface area contributed by atoms with Crippen molar-refractivity contribution in [1.82, 2.24) is 5.32 Å². The van der Waals surface area contributed by atoms with Crippen molar-refractivity contribution >= 4 is 29.1 Å². The smallest absolute Gasteiger partial charge is 0.0642 e. The third-order valence-electron chi connectivity index (χ3n) is 3.34. The van der Waals surface area contributed by atoms with Crippen LogP contribution in [0.5, 0.6) is 0 Å². The fraction of sp³-hybridized carbons (Fsp3) is 0.625. The summed E-state index contributed by atoms with van der Waals surface area (Å²) in [4.78, 5) is 2.25. The van der Waals surface area contributed by atoms with Gasteiger partial charge in [0.05, 0.1) is 10.7 Å². The Balaban J connectivity index is 2.67. The molecule has 0 fully saturated rings. The molecule has 0 aliphatic carbocycles. The van der Waals surface area contributed by atoms with Gasteiger partial charge in [0.2, 0.25) is 0 Å². The van der Waals surface area contributed by atoms with E-state index in [0.717, 1.165) is 29.6 Å². The monoisotopic (exact) mass is 314 g/mol. The van der Waals surface area contributed by atoms with Gasteiger partial charge in [-0.05, 0) is 43.3 Å². The fourth-order valence-electron chi connectivity index (χ4n) is 2.04. The van der Waals surface area contributed by atoms with Gasteiger partial charge in [0.15, 0.2) is 0 Å². The van der Waals surface area contributed by atoms with E-state index >= 15 is 0 Å². The first-order chi connectivity index (χ1) is 9.45. The summed E-state index contributed by atoms with van der Waals surface area (Å²) in [6, 6.07) is 6.85. The summed E-state index contributed by atoms with van der Waals surface area (Å²) in [5.41, 5.74) is 2.35. The summed E-state index contributed by atoms with van der Waals surface area (Å²) in [5, 5.41) is 4.28. The van der Waals surface area contributed by atoms with E-state index < -0.39 is 0 Å². The Labute approximate surface area is 133 Å². The average Bonchev–Trinajstić information content (AvgIpc) is 2.38. The van der Waals surface area contributed by atoms with Crippen LogP contribution >= 0.6 is 23.4 Å². The third-order valence-corrected chi connectivity index (χ3v) is 4.46. The van der Waals surface area contributed by atoms with Crippen LogP contribution in [0.2, 0.25) is 5.02 Å². The van der Waals surface area contributed by atoms with Crippen molar-refractivity contribution < 1.29 is 0 Å². The van der Waals surface area contributed by atoms with Crippen LogP contribution in [0.1, 0.15) is 26.3 Å². The van der Waals surface area contributed by atoms with E-state index in [1.807, 2.05) is 11.8 Å². The van der Waals surface area contributed by atoms with Gasteiger partial charge < -0.3 is 10.2 Å². The standard InChI is InChI=1S/C16H27ClN2S/c1-12(2)9-18-10-14-6-7-16(15(17)8-14)19(4)13(3)11-20-5/h6-8,12-13,18H,9-11H2,1-5H3. The highest BCUT2D eigenvalue weighted by Crippen LogP contribution is 2.28. The predicted octanol–water partition coefficient (Wildman–Crippen LogP) is 4.27. The normalized spacial score (nSPS) is 12.8. The molecule has 0 aliphatic heterocycles. The van der Waals surface area contributed by atoms with Gasteiger partial charge >= 0.3 is 0 Å². The van der Waals surface area contributed by atoms with Crippen molar-refractivity contribution in [3.05, 3.63) is 28.8 Å². The fourth-order valence-corrected chi connectivity index (χ4v) is 3.08. The Morgan fingerprint density at radius 2 is 2.00 bits per heavy atom. The number of nitrogens with zero attached hydrogens (tertiary/aromatic N) is 1. The van der Waals surface area contributed by atoms with Crippen LogP contribution in [0.4, 0.5) is 5.69 Å². The lowest BCUT2D eigenvalue weighted by atomic mass is 10.1. The maximum Gasteiger partial charge on any atom is 0.0642 e. The van der Waals surface area contributed by atoms with Gasteiger partial charge in [-0.1, -0.05) is 31.5 Å². The maximum atomic E-state index is 6.43. The molecular formula is C16H27ClN2S. The van der Waals surface area contributed by atoms with E-state index in [1.54, 1.807) is 0 Å². The van der Waals surface area contributed by atoms with Crippen LogP contribution in [0, 0.1) is 5.92 Å². The molecule has 0 saturated heterocycles. The molecular weight excluding hydrogens is 288 g/mol. The summed E-state index contributed by atoms with van der Waals surface area (Å²) in [6.45, 7) is 8.56. The zero-order valence-corrected chi connectivity index (χ0v) is 14.8. The Morgan fingerprint density at radius 1 is 1.30 bits per heavy atom. The molecule has 0 bridgehead atoms. The zero-order chi connectivity index (χ0) is 15.1. The van der Waals surface area contributed by atoms with Crippen molar-refractivity contribution in [3.8, 4) is 0 Å². The minimum Gasteiger partial charge on any atom is -0.370 e. The number of halogens is 1. The van der Waals surface area contributed by atoms with Crippen molar-refractivity contribution in [1.29, 1.82) is 0 Å². The highest BCUT2D eigenvalue weighted by Gasteiger charge is 2.12. The summed E-state index contributed by atoms with van der Waals surface area (Å²) < 4.78 is 0. The zero-order valence-electron chi connectivity index (χ0n) is 13.2. The van der Waals surface area contributed by atoms with E-state index in [2.05, 4.69) is 62.5 Å². The van der Waals surface area contributed by atoms with E-state index in [0.29, 0.717) is 12.0 Å². The molecule has 0 aliphatic rings. The first kappa shape index (κ1) is 17.7. The van der Waals surface area contributed by atoms with Crippen LogP contribution < -0.4 is 10.2 Å². The molecule has 1 aromatic rings. The Morgan fingerprint density at radius 3 is 2.55 bits per heavy atom. The van der Waals surface area contributed by atoms with Crippen molar-refractivity contribution in [2.45, 2.75) is 33.4 Å². The van der Waals surface area contributed by atoms with Crippen molar-refractivity contribution in [3.63, 3.8) is 0 Å². The SMILES string of the molecule is CSCC(C)N(C)c1ccc(CNCC(C)C)cc1Cl. The molecule has 1 unspecified atom stereocenters. The number of rotatable bonds is 8. The van der Waals surface area contributed by atoms with Crippen molar-refractivity contribution in [2.75, 3.05) is 30.5 Å². The van der Waals surface area contributed by atoms with Crippen LogP contribution in [0.25, 0.3) is 0 Å². The molecule has 1 atom stereocenters. The van der Waals surface area contributed by atoms with E-state index in [-0.39, 0.29) is 0 Å². The number of benzene rings is 1. The van der Waals surface area contributed by atoms with Gasteiger partial charge in [0, 0.05) is 25.4 Å². The molecule has 114 valence electrons. The molecule has 1 N–H and O–H groups in total. The number of thioether (sulfide) groups is 1. The third kappa shape index (κ3) is 5.55. The lowest BCUT2D eigenvalue weighted by molar-refractivity contribution is 0.552. The van der Waals surface area contributed by atoms with Crippen LogP contribution in [-0.4, -0.2) is 31.6 Å². The summed E-state index contributed by atoms with van der Waals surface area (Å²) in [7, 11) is 2.11. The quantitative estimate of drug-likeness (QED) is 0.771. The average molecular weight is 315 g/mol. The molecule has 1 aromatic carbocycles. The highest BCUT2D eigenvalue weighted by atomic mass is 35.5. The van der Waals surface area contributed by atoms with E-state index in [9.17, 15) is 0 Å². The number of nitrogens with one attached hydrogen (secondary N) is 1. The Kier molecular flexibility index (Phi) is 7.78. The first-order valence-corrected chi connectivity index (χ1v) is 8.93. The van der Waals surface area contributed by atoms with Crippen molar-refractivity contribution in [2.24, 2.45) is 5.92 Å². The first-order valence-electron chi connectivity index (χ1n) is 7.16. The van der Waals surface area contributed by atoms with E-state index in [4.69, 9.17) is 11.6 Å². The second-order valence-electron chi connectivity index (χ2n) is 5.73. The Bertz CT molecular complexity index is 409. The predicted molar refractivity (Wildman–Crippen MR) is 94.2 cm³/mol. The second-order valence-corrected chi connectivity index (χ2v) is 7.04. The number of hydrogen-bond acceptors (Lipinski definition) is 3. The van der Waals surface area contributed by atoms with Gasteiger partial charge in [0.25, 0.3) is 0 Å². The van der Waals surface area contributed by atoms with Crippen LogP contribution in [0.3, 0.4) is 0 Å². The molecule has 0 heterocycles.